The molecule has 4 N–H and O–H groups in total. The van der Waals surface area contributed by atoms with Crippen LogP contribution in [0, 0.1) is 5.92 Å². The van der Waals surface area contributed by atoms with Crippen LogP contribution in [0.15, 0.2) is 0 Å². The van der Waals surface area contributed by atoms with Crippen molar-refractivity contribution in [2.45, 2.75) is 71.4 Å². The number of rotatable bonds is 9. The maximum Gasteiger partial charge on any atom is 0.329 e. The Morgan fingerprint density at radius 1 is 1.32 bits per heavy atom. The molecule has 0 saturated heterocycles. The maximum absolute atomic E-state index is 12.0. The van der Waals surface area contributed by atoms with Gasteiger partial charge in [0.2, 0.25) is 5.91 Å². The van der Waals surface area contributed by atoms with Gasteiger partial charge in [0.15, 0.2) is 0 Å². The van der Waals surface area contributed by atoms with Gasteiger partial charge < -0.3 is 16.2 Å². The summed E-state index contributed by atoms with van der Waals surface area (Å²) in [4.78, 5) is 23.2. The SMILES string of the molecule is CCCC(C)(NC(=O)C(C)CCCC(C)N)C(=O)O. The number of aliphatic carboxylic acids is 1. The standard InChI is InChI=1S/C14H28N2O3/c1-5-9-14(4,13(18)19)16-12(17)10(2)7-6-8-11(3)15/h10-11H,5-9,15H2,1-4H3,(H,16,17)(H,18,19). The predicted octanol–water partition coefficient (Wildman–Crippen LogP) is 1.90. The first-order valence-electron chi connectivity index (χ1n) is 7.04. The third kappa shape index (κ3) is 6.57. The van der Waals surface area contributed by atoms with E-state index in [1.54, 1.807) is 6.92 Å². The van der Waals surface area contributed by atoms with Crippen LogP contribution in [0.25, 0.3) is 0 Å². The molecular formula is C14H28N2O3. The second kappa shape index (κ2) is 8.15. The molecule has 0 aliphatic heterocycles. The summed E-state index contributed by atoms with van der Waals surface area (Å²) in [6.45, 7) is 7.23. The number of hydrogen-bond donors (Lipinski definition) is 3. The zero-order valence-electron chi connectivity index (χ0n) is 12.5. The van der Waals surface area contributed by atoms with Crippen molar-refractivity contribution in [2.75, 3.05) is 0 Å². The molecule has 0 aromatic carbocycles. The van der Waals surface area contributed by atoms with Crippen molar-refractivity contribution in [3.05, 3.63) is 0 Å². The van der Waals surface area contributed by atoms with Gasteiger partial charge in [-0.1, -0.05) is 26.7 Å². The van der Waals surface area contributed by atoms with E-state index in [-0.39, 0.29) is 17.9 Å². The highest BCUT2D eigenvalue weighted by atomic mass is 16.4. The van der Waals surface area contributed by atoms with Crippen LogP contribution in [0.4, 0.5) is 0 Å². The molecule has 5 nitrogen and oxygen atoms in total. The van der Waals surface area contributed by atoms with Crippen molar-refractivity contribution in [3.63, 3.8) is 0 Å². The molecule has 112 valence electrons. The van der Waals surface area contributed by atoms with Crippen LogP contribution in [0.1, 0.15) is 59.8 Å². The van der Waals surface area contributed by atoms with Crippen molar-refractivity contribution >= 4 is 11.9 Å². The topological polar surface area (TPSA) is 92.4 Å². The van der Waals surface area contributed by atoms with Gasteiger partial charge in [0.25, 0.3) is 0 Å². The minimum absolute atomic E-state index is 0.139. The van der Waals surface area contributed by atoms with Gasteiger partial charge in [-0.3, -0.25) is 4.79 Å². The average molecular weight is 272 g/mol. The fraction of sp³-hybridized carbons (Fsp3) is 0.857. The van der Waals surface area contributed by atoms with Crippen LogP contribution < -0.4 is 11.1 Å². The first-order valence-corrected chi connectivity index (χ1v) is 7.04. The fourth-order valence-corrected chi connectivity index (χ4v) is 2.00. The molecule has 1 amide bonds. The van der Waals surface area contributed by atoms with E-state index < -0.39 is 11.5 Å². The van der Waals surface area contributed by atoms with Crippen LogP contribution >= 0.6 is 0 Å². The molecule has 5 heteroatoms. The molecule has 0 spiro atoms. The minimum Gasteiger partial charge on any atom is -0.480 e. The van der Waals surface area contributed by atoms with Crippen LogP contribution in [0.3, 0.4) is 0 Å². The molecule has 3 unspecified atom stereocenters. The van der Waals surface area contributed by atoms with E-state index in [1.165, 1.54) is 0 Å². The second-order valence-corrected chi connectivity index (χ2v) is 5.69. The number of carbonyl (C=O) groups is 2. The molecular weight excluding hydrogens is 244 g/mol. The second-order valence-electron chi connectivity index (χ2n) is 5.69. The number of carbonyl (C=O) groups excluding carboxylic acids is 1. The highest BCUT2D eigenvalue weighted by Gasteiger charge is 2.34. The Labute approximate surface area is 115 Å². The van der Waals surface area contributed by atoms with Gasteiger partial charge in [-0.05, 0) is 33.1 Å². The maximum atomic E-state index is 12.0. The molecule has 0 rings (SSSR count). The zero-order valence-corrected chi connectivity index (χ0v) is 12.5. The summed E-state index contributed by atoms with van der Waals surface area (Å²) in [7, 11) is 0. The summed E-state index contributed by atoms with van der Waals surface area (Å²) in [6.07, 6.45) is 3.63. The number of hydrogen-bond acceptors (Lipinski definition) is 3. The van der Waals surface area contributed by atoms with Gasteiger partial charge in [-0.2, -0.15) is 0 Å². The molecule has 0 aromatic heterocycles. The summed E-state index contributed by atoms with van der Waals surface area (Å²) in [5.41, 5.74) is 4.49. The van der Waals surface area contributed by atoms with E-state index in [0.29, 0.717) is 12.8 Å². The minimum atomic E-state index is -1.17. The lowest BCUT2D eigenvalue weighted by atomic mass is 9.94. The summed E-state index contributed by atoms with van der Waals surface area (Å²) in [5, 5.41) is 11.9. The Kier molecular flexibility index (Phi) is 7.68. The first kappa shape index (κ1) is 17.9. The number of carboxylic acids is 1. The molecule has 3 atom stereocenters. The summed E-state index contributed by atoms with van der Waals surface area (Å²) < 4.78 is 0. The van der Waals surface area contributed by atoms with Gasteiger partial charge in [0.1, 0.15) is 5.54 Å². The largest absolute Gasteiger partial charge is 0.480 e. The molecule has 0 aliphatic carbocycles. The summed E-state index contributed by atoms with van der Waals surface area (Å²) in [5.74, 6) is -1.36. The third-order valence-electron chi connectivity index (χ3n) is 3.37. The summed E-state index contributed by atoms with van der Waals surface area (Å²) >= 11 is 0. The lowest BCUT2D eigenvalue weighted by Crippen LogP contribution is -2.53. The van der Waals surface area contributed by atoms with Crippen LogP contribution in [0.5, 0.6) is 0 Å². The third-order valence-corrected chi connectivity index (χ3v) is 3.37. The molecule has 0 aromatic rings. The molecule has 0 bridgehead atoms. The normalized spacial score (nSPS) is 17.3. The molecule has 0 heterocycles. The first-order chi connectivity index (χ1) is 8.73. The number of nitrogens with one attached hydrogen (secondary N) is 1. The van der Waals surface area contributed by atoms with Crippen LogP contribution in [0.2, 0.25) is 0 Å². The van der Waals surface area contributed by atoms with Crippen LogP contribution in [-0.4, -0.2) is 28.6 Å². The van der Waals surface area contributed by atoms with Gasteiger partial charge in [-0.25, -0.2) is 4.79 Å². The monoisotopic (exact) mass is 272 g/mol. The van der Waals surface area contributed by atoms with Crippen LogP contribution in [-0.2, 0) is 9.59 Å². The molecule has 19 heavy (non-hydrogen) atoms. The highest BCUT2D eigenvalue weighted by molar-refractivity contribution is 5.87. The van der Waals surface area contributed by atoms with Gasteiger partial charge in [0.05, 0.1) is 0 Å². The Morgan fingerprint density at radius 3 is 2.32 bits per heavy atom. The van der Waals surface area contributed by atoms with E-state index in [4.69, 9.17) is 5.73 Å². The van der Waals surface area contributed by atoms with E-state index in [1.807, 2.05) is 20.8 Å². The molecule has 0 radical (unpaired) electrons. The van der Waals surface area contributed by atoms with E-state index in [9.17, 15) is 14.7 Å². The Morgan fingerprint density at radius 2 is 1.89 bits per heavy atom. The van der Waals surface area contributed by atoms with Crippen molar-refractivity contribution in [3.8, 4) is 0 Å². The van der Waals surface area contributed by atoms with E-state index in [2.05, 4.69) is 5.32 Å². The van der Waals surface area contributed by atoms with Gasteiger partial charge in [-0.15, -0.1) is 0 Å². The zero-order chi connectivity index (χ0) is 15.1. The lowest BCUT2D eigenvalue weighted by molar-refractivity contribution is -0.147. The summed E-state index contributed by atoms with van der Waals surface area (Å²) in [6, 6.07) is 0.139. The number of amides is 1. The highest BCUT2D eigenvalue weighted by Crippen LogP contribution is 2.16. The van der Waals surface area contributed by atoms with Gasteiger partial charge >= 0.3 is 5.97 Å². The fourth-order valence-electron chi connectivity index (χ4n) is 2.00. The predicted molar refractivity (Wildman–Crippen MR) is 75.8 cm³/mol. The van der Waals surface area contributed by atoms with Crippen molar-refractivity contribution in [1.29, 1.82) is 0 Å². The lowest BCUT2D eigenvalue weighted by Gasteiger charge is -2.27. The number of carboxylic acid groups (broad SMARTS) is 1. The molecule has 0 fully saturated rings. The average Bonchev–Trinajstić information content (AvgIpc) is 2.28. The Hall–Kier alpha value is -1.10. The molecule has 0 saturated carbocycles. The smallest absolute Gasteiger partial charge is 0.329 e. The Balaban J connectivity index is 4.36. The van der Waals surface area contributed by atoms with Gasteiger partial charge in [0, 0.05) is 12.0 Å². The van der Waals surface area contributed by atoms with Crippen molar-refractivity contribution < 1.29 is 14.7 Å². The van der Waals surface area contributed by atoms with Crippen molar-refractivity contribution in [1.82, 2.24) is 5.32 Å². The van der Waals surface area contributed by atoms with Crippen molar-refractivity contribution in [2.24, 2.45) is 11.7 Å². The number of nitrogens with two attached hydrogens (primary N) is 1. The molecule has 0 aliphatic rings. The van der Waals surface area contributed by atoms with E-state index >= 15 is 0 Å². The Bertz CT molecular complexity index is 305. The van der Waals surface area contributed by atoms with E-state index in [0.717, 1.165) is 19.3 Å². The quantitative estimate of drug-likeness (QED) is 0.597.